The molecule has 1 unspecified atom stereocenters. The highest BCUT2D eigenvalue weighted by atomic mass is 16.5. The minimum Gasteiger partial charge on any atom is -0.481 e. The van der Waals surface area contributed by atoms with Crippen LogP contribution in [-0.4, -0.2) is 59.4 Å². The first-order valence-corrected chi connectivity index (χ1v) is 5.79. The van der Waals surface area contributed by atoms with Crippen molar-refractivity contribution in [1.29, 1.82) is 0 Å². The Bertz CT molecular complexity index is 316. The van der Waals surface area contributed by atoms with Crippen LogP contribution in [0.4, 0.5) is 0 Å². The molecular formula is C11H17NO5. The van der Waals surface area contributed by atoms with Gasteiger partial charge in [-0.05, 0) is 12.8 Å². The van der Waals surface area contributed by atoms with E-state index in [-0.39, 0.29) is 11.8 Å². The van der Waals surface area contributed by atoms with Gasteiger partial charge in [-0.25, -0.2) is 0 Å². The normalized spacial score (nSPS) is 25.2. The monoisotopic (exact) mass is 243 g/mol. The molecule has 2 aliphatic rings. The molecule has 0 aliphatic carbocycles. The van der Waals surface area contributed by atoms with Gasteiger partial charge in [0.05, 0.1) is 6.42 Å². The summed E-state index contributed by atoms with van der Waals surface area (Å²) in [6, 6.07) is -0.888. The van der Waals surface area contributed by atoms with Crippen molar-refractivity contribution < 1.29 is 24.5 Å². The van der Waals surface area contributed by atoms with Gasteiger partial charge in [0.1, 0.15) is 6.04 Å². The van der Waals surface area contributed by atoms with Crippen molar-refractivity contribution in [3.05, 3.63) is 0 Å². The number of likely N-dealkylation sites (tertiary alicyclic amines) is 1. The van der Waals surface area contributed by atoms with E-state index in [9.17, 15) is 9.59 Å². The molecule has 6 heteroatoms. The lowest BCUT2D eigenvalue weighted by atomic mass is 9.72. The van der Waals surface area contributed by atoms with Crippen LogP contribution in [0.25, 0.3) is 0 Å². The second kappa shape index (κ2) is 4.62. The molecule has 0 bridgehead atoms. The Morgan fingerprint density at radius 2 is 1.82 bits per heavy atom. The van der Waals surface area contributed by atoms with E-state index >= 15 is 0 Å². The van der Waals surface area contributed by atoms with E-state index in [4.69, 9.17) is 14.9 Å². The molecule has 1 atom stereocenters. The van der Waals surface area contributed by atoms with Gasteiger partial charge >= 0.3 is 11.9 Å². The zero-order chi connectivity index (χ0) is 12.5. The zero-order valence-electron chi connectivity index (χ0n) is 9.59. The molecule has 6 nitrogen and oxygen atoms in total. The number of hydrogen-bond acceptors (Lipinski definition) is 4. The molecule has 2 saturated heterocycles. The van der Waals surface area contributed by atoms with Crippen LogP contribution in [0.5, 0.6) is 0 Å². The number of nitrogens with zero attached hydrogens (tertiary/aromatic N) is 1. The molecule has 96 valence electrons. The van der Waals surface area contributed by atoms with Gasteiger partial charge in [0.25, 0.3) is 0 Å². The van der Waals surface area contributed by atoms with Crippen LogP contribution < -0.4 is 0 Å². The molecule has 1 spiro atoms. The molecule has 0 radical (unpaired) electrons. The highest BCUT2D eigenvalue weighted by Crippen LogP contribution is 2.41. The molecule has 0 aromatic rings. The Morgan fingerprint density at radius 1 is 1.24 bits per heavy atom. The fourth-order valence-electron chi connectivity index (χ4n) is 2.69. The van der Waals surface area contributed by atoms with Gasteiger partial charge < -0.3 is 14.9 Å². The molecule has 0 aromatic carbocycles. The standard InChI is InChI=1S/C11H17NO5/c13-9(14)5-8(10(15)16)12-6-11(7-12)1-3-17-4-2-11/h8H,1-7H2,(H,13,14)(H,15,16). The molecule has 2 N–H and O–H groups in total. The highest BCUT2D eigenvalue weighted by Gasteiger charge is 2.48. The van der Waals surface area contributed by atoms with Crippen LogP contribution in [0.15, 0.2) is 0 Å². The summed E-state index contributed by atoms with van der Waals surface area (Å²) in [5, 5.41) is 17.7. The smallest absolute Gasteiger partial charge is 0.321 e. The number of carbonyl (C=O) groups is 2. The summed E-state index contributed by atoms with van der Waals surface area (Å²) in [4.78, 5) is 23.4. The number of ether oxygens (including phenoxy) is 1. The average molecular weight is 243 g/mol. The van der Waals surface area contributed by atoms with Gasteiger partial charge in [0.15, 0.2) is 0 Å². The number of hydrogen-bond donors (Lipinski definition) is 2. The molecule has 2 aliphatic heterocycles. The van der Waals surface area contributed by atoms with Gasteiger partial charge in [-0.15, -0.1) is 0 Å². The summed E-state index contributed by atoms with van der Waals surface area (Å²) < 4.78 is 5.28. The van der Waals surface area contributed by atoms with Gasteiger partial charge in [-0.3, -0.25) is 14.5 Å². The van der Waals surface area contributed by atoms with E-state index < -0.39 is 18.0 Å². The third kappa shape index (κ3) is 2.58. The molecule has 2 rings (SSSR count). The average Bonchev–Trinajstić information content (AvgIpc) is 2.23. The van der Waals surface area contributed by atoms with Crippen molar-refractivity contribution in [2.45, 2.75) is 25.3 Å². The summed E-state index contributed by atoms with van der Waals surface area (Å²) in [7, 11) is 0. The summed E-state index contributed by atoms with van der Waals surface area (Å²) in [5.41, 5.74) is 0.171. The Morgan fingerprint density at radius 3 is 2.29 bits per heavy atom. The maximum absolute atomic E-state index is 11.0. The Hall–Kier alpha value is -1.14. The fourth-order valence-corrected chi connectivity index (χ4v) is 2.69. The molecule has 0 amide bonds. The maximum Gasteiger partial charge on any atom is 0.321 e. The minimum absolute atomic E-state index is 0.171. The lowest BCUT2D eigenvalue weighted by molar-refractivity contribution is -0.160. The zero-order valence-corrected chi connectivity index (χ0v) is 9.59. The Balaban J connectivity index is 1.91. The number of rotatable bonds is 4. The molecule has 2 fully saturated rings. The van der Waals surface area contributed by atoms with Gasteiger partial charge in [-0.1, -0.05) is 0 Å². The second-order valence-corrected chi connectivity index (χ2v) is 4.97. The number of carboxylic acid groups (broad SMARTS) is 2. The summed E-state index contributed by atoms with van der Waals surface area (Å²) in [5.74, 6) is -2.11. The minimum atomic E-state index is -1.06. The lowest BCUT2D eigenvalue weighted by Gasteiger charge is -2.53. The summed E-state index contributed by atoms with van der Waals surface area (Å²) in [6.07, 6.45) is 1.56. The van der Waals surface area contributed by atoms with E-state index in [2.05, 4.69) is 0 Å². The number of carboxylic acids is 2. The number of aliphatic carboxylic acids is 2. The van der Waals surface area contributed by atoms with Crippen molar-refractivity contribution in [3.8, 4) is 0 Å². The predicted molar refractivity (Wildman–Crippen MR) is 57.7 cm³/mol. The van der Waals surface area contributed by atoms with Crippen LogP contribution >= 0.6 is 0 Å². The molecular weight excluding hydrogens is 226 g/mol. The van der Waals surface area contributed by atoms with Crippen LogP contribution in [0.3, 0.4) is 0 Å². The van der Waals surface area contributed by atoms with E-state index in [0.29, 0.717) is 13.1 Å². The maximum atomic E-state index is 11.0. The SMILES string of the molecule is O=C(O)CC(C(=O)O)N1CC2(CCOCC2)C1. The van der Waals surface area contributed by atoms with Crippen LogP contribution in [0, 0.1) is 5.41 Å². The van der Waals surface area contributed by atoms with Gasteiger partial charge in [-0.2, -0.15) is 0 Å². The van der Waals surface area contributed by atoms with E-state index in [1.165, 1.54) is 0 Å². The third-order valence-electron chi connectivity index (χ3n) is 3.72. The van der Waals surface area contributed by atoms with Crippen molar-refractivity contribution in [3.63, 3.8) is 0 Å². The van der Waals surface area contributed by atoms with Crippen LogP contribution in [0.1, 0.15) is 19.3 Å². The summed E-state index contributed by atoms with van der Waals surface area (Å²) >= 11 is 0. The Kier molecular flexibility index (Phi) is 3.35. The van der Waals surface area contributed by atoms with Crippen molar-refractivity contribution in [1.82, 2.24) is 4.90 Å². The predicted octanol–water partition coefficient (Wildman–Crippen LogP) is 0.0267. The van der Waals surface area contributed by atoms with E-state index in [0.717, 1.165) is 26.1 Å². The van der Waals surface area contributed by atoms with Crippen molar-refractivity contribution >= 4 is 11.9 Å². The highest BCUT2D eigenvalue weighted by molar-refractivity contribution is 5.80. The quantitative estimate of drug-likeness (QED) is 0.724. The van der Waals surface area contributed by atoms with Crippen molar-refractivity contribution in [2.24, 2.45) is 5.41 Å². The first-order valence-electron chi connectivity index (χ1n) is 5.79. The summed E-state index contributed by atoms with van der Waals surface area (Å²) in [6.45, 7) is 2.82. The van der Waals surface area contributed by atoms with Crippen LogP contribution in [0.2, 0.25) is 0 Å². The molecule has 0 aromatic heterocycles. The second-order valence-electron chi connectivity index (χ2n) is 4.97. The lowest BCUT2D eigenvalue weighted by Crippen LogP contribution is -2.63. The first kappa shape index (κ1) is 12.3. The Labute approximate surface area is 99.2 Å². The molecule has 17 heavy (non-hydrogen) atoms. The van der Waals surface area contributed by atoms with E-state index in [1.807, 2.05) is 0 Å². The molecule has 0 saturated carbocycles. The topological polar surface area (TPSA) is 87.1 Å². The van der Waals surface area contributed by atoms with Gasteiger partial charge in [0.2, 0.25) is 0 Å². The fraction of sp³-hybridized carbons (Fsp3) is 0.818. The molecule has 2 heterocycles. The first-order chi connectivity index (χ1) is 8.02. The van der Waals surface area contributed by atoms with Crippen LogP contribution in [-0.2, 0) is 14.3 Å². The third-order valence-corrected chi connectivity index (χ3v) is 3.72. The van der Waals surface area contributed by atoms with Crippen molar-refractivity contribution in [2.75, 3.05) is 26.3 Å². The van der Waals surface area contributed by atoms with E-state index in [1.54, 1.807) is 4.90 Å². The largest absolute Gasteiger partial charge is 0.481 e. The van der Waals surface area contributed by atoms with Gasteiger partial charge in [0, 0.05) is 31.7 Å².